The maximum Gasteiger partial charge on any atom is 0 e. The minimum Gasteiger partial charge on any atom is 0 e. The van der Waals surface area contributed by atoms with Gasteiger partial charge in [0.1, 0.15) is 0 Å². The summed E-state index contributed by atoms with van der Waals surface area (Å²) in [6, 6.07) is 0. The van der Waals surface area contributed by atoms with Crippen molar-refractivity contribution in [2.45, 2.75) is 0 Å². The Morgan fingerprint density at radius 1 is 1.00 bits per heavy atom. The molecule has 0 bridgehead atoms. The molecule has 0 aromatic heterocycles. The Balaban J connectivity index is -0.0000000119. The molecular formula is H4Cl2KO5PZr3. The summed E-state index contributed by atoms with van der Waals surface area (Å²) < 4.78 is 12.1. The van der Waals surface area contributed by atoms with Crippen molar-refractivity contribution in [2.24, 2.45) is 0 Å². The smallest absolute Gasteiger partial charge is 0 e. The van der Waals surface area contributed by atoms with Gasteiger partial charge in [-0.25, -0.2) is 4.57 Å². The van der Waals surface area contributed by atoms with Crippen LogP contribution in [0.15, 0.2) is 0 Å². The zero-order valence-corrected chi connectivity index (χ0v) is 14.6. The van der Waals surface area contributed by atoms with Crippen LogP contribution >= 0.6 is 31.6 Å². The van der Waals surface area contributed by atoms with Gasteiger partial charge in [-0.2, -0.15) is 3.84 Å². The zero-order valence-electron chi connectivity index (χ0n) is 4.86. The second-order valence-electron chi connectivity index (χ2n) is 0.572. The second kappa shape index (κ2) is 25.0. The molecule has 0 spiro atoms. The van der Waals surface area contributed by atoms with E-state index in [9.17, 15) is 0 Å². The average Bonchev–Trinajstić information content (AvgIpc) is 1.27. The molecule has 66 valence electrons. The minimum atomic E-state index is -4.64. The second-order valence-corrected chi connectivity index (χ2v) is 2.06. The van der Waals surface area contributed by atoms with E-state index in [-0.39, 0.29) is 130 Å². The van der Waals surface area contributed by atoms with Crippen LogP contribution in [-0.2, 0) is 87.0 Å². The third kappa shape index (κ3) is 119. The average molecular weight is 499 g/mol. The third-order valence-corrected chi connectivity index (χ3v) is 0. The molecule has 3 N–H and O–H groups in total. The maximum atomic E-state index is 8.88. The van der Waals surface area contributed by atoms with E-state index in [4.69, 9.17) is 19.2 Å². The van der Waals surface area contributed by atoms with Crippen LogP contribution in [0.2, 0.25) is 0 Å². The van der Waals surface area contributed by atoms with E-state index >= 15 is 0 Å². The number of phosphoric acid groups is 1. The van der Waals surface area contributed by atoms with Crippen molar-refractivity contribution in [1.29, 1.82) is 0 Å². The van der Waals surface area contributed by atoms with E-state index in [1.165, 1.54) is 0 Å². The Kier molecular flexibility index (Phi) is 74.8. The molecule has 0 rings (SSSR count). The molecule has 12 heavy (non-hydrogen) atoms. The van der Waals surface area contributed by atoms with Gasteiger partial charge in [-0.15, -0.1) is 0 Å². The maximum absolute atomic E-state index is 8.88. The molecule has 0 atom stereocenters. The Bertz CT molecular complexity index is 80.5. The van der Waals surface area contributed by atoms with Gasteiger partial charge in [-0.05, 0) is 0 Å². The summed E-state index contributed by atoms with van der Waals surface area (Å²) in [6.07, 6.45) is 0. The van der Waals surface area contributed by atoms with Gasteiger partial charge >= 0.3 is 59.2 Å². The van der Waals surface area contributed by atoms with Crippen molar-refractivity contribution < 1.29 is 102 Å². The van der Waals surface area contributed by atoms with Crippen LogP contribution in [0.3, 0.4) is 0 Å². The Hall–Kier alpha value is 4.94. The van der Waals surface area contributed by atoms with Crippen molar-refractivity contribution in [3.63, 3.8) is 0 Å². The van der Waals surface area contributed by atoms with Crippen LogP contribution < -0.4 is 0 Å². The van der Waals surface area contributed by atoms with Gasteiger partial charge in [-0.3, -0.25) is 0 Å². The summed E-state index contributed by atoms with van der Waals surface area (Å²) in [5, 5.41) is 0. The van der Waals surface area contributed by atoms with E-state index in [1.807, 2.05) is 0 Å². The molecule has 0 fully saturated rings. The van der Waals surface area contributed by atoms with Crippen molar-refractivity contribution >= 4 is 82.9 Å². The topological polar surface area (TPSA) is 87.0 Å². The van der Waals surface area contributed by atoms with E-state index in [1.54, 1.807) is 0 Å². The van der Waals surface area contributed by atoms with Crippen molar-refractivity contribution in [1.82, 2.24) is 0 Å². The Morgan fingerprint density at radius 2 is 1.00 bits per heavy atom. The van der Waals surface area contributed by atoms with Gasteiger partial charge in [-0.1, -0.05) is 0 Å². The Morgan fingerprint density at radius 3 is 1.00 bits per heavy atom. The first-order valence-corrected chi connectivity index (χ1v) is 3.27. The van der Waals surface area contributed by atoms with Crippen molar-refractivity contribution in [3.05, 3.63) is 0 Å². The molecule has 0 aromatic carbocycles. The SMILES string of the molecule is ClOCl.O=P(O)(O)O.[KH].[Zr].[Zr].[Zr]. The molecule has 12 heteroatoms. The molecule has 0 heterocycles. The fourth-order valence-corrected chi connectivity index (χ4v) is 0. The van der Waals surface area contributed by atoms with Gasteiger partial charge in [0.05, 0.1) is 23.7 Å². The van der Waals surface area contributed by atoms with Gasteiger partial charge in [0.2, 0.25) is 0 Å². The van der Waals surface area contributed by atoms with Crippen LogP contribution in [0, 0.1) is 0 Å². The fourth-order valence-electron chi connectivity index (χ4n) is 0. The van der Waals surface area contributed by atoms with Gasteiger partial charge in [0.25, 0.3) is 0 Å². The third-order valence-electron chi connectivity index (χ3n) is 0. The van der Waals surface area contributed by atoms with Crippen molar-refractivity contribution in [3.8, 4) is 0 Å². The van der Waals surface area contributed by atoms with E-state index in [0.717, 1.165) is 0 Å². The molecular weight excluding hydrogens is 495 g/mol. The summed E-state index contributed by atoms with van der Waals surface area (Å²) >= 11 is 8.53. The normalized spacial score (nSPS) is 6.42. The molecule has 0 aliphatic heterocycles. The van der Waals surface area contributed by atoms with Gasteiger partial charge in [0.15, 0.2) is 0 Å². The van der Waals surface area contributed by atoms with E-state index in [0.29, 0.717) is 0 Å². The number of hydrogen-bond acceptors (Lipinski definition) is 2. The molecule has 0 unspecified atom stereocenters. The molecule has 0 radical (unpaired) electrons. The molecule has 0 aromatic rings. The summed E-state index contributed by atoms with van der Waals surface area (Å²) in [4.78, 5) is 21.6. The van der Waals surface area contributed by atoms with Crippen LogP contribution in [0.4, 0.5) is 0 Å². The molecule has 0 saturated heterocycles. The summed E-state index contributed by atoms with van der Waals surface area (Å²) in [6.45, 7) is 0. The standard InChI is InChI=1S/Cl2O.K.H3O4P.3Zr.H/c1-3-2;;1-5(2,3)4;;;;/h;;(H3,1,2,3,4);;;;. The first-order chi connectivity index (χ1) is 3.41. The van der Waals surface area contributed by atoms with Crippen LogP contribution in [-0.4, -0.2) is 66.1 Å². The monoisotopic (exact) mass is 494 g/mol. The largest absolute Gasteiger partial charge is 0 e. The predicted octanol–water partition coefficient (Wildman–Crippen LogP) is -0.274. The fraction of sp³-hybridized carbons (Fsp3) is 0. The van der Waals surface area contributed by atoms with Crippen molar-refractivity contribution in [2.75, 3.05) is 0 Å². The van der Waals surface area contributed by atoms with Crippen LogP contribution in [0.5, 0.6) is 0 Å². The molecule has 0 amide bonds. The molecule has 0 saturated carbocycles. The van der Waals surface area contributed by atoms with Gasteiger partial charge in [0, 0.05) is 78.6 Å². The quantitative estimate of drug-likeness (QED) is 0.316. The molecule has 0 aliphatic rings. The summed E-state index contributed by atoms with van der Waals surface area (Å²) in [5.41, 5.74) is 0. The molecule has 0 aliphatic carbocycles. The summed E-state index contributed by atoms with van der Waals surface area (Å²) in [5.74, 6) is 0. The van der Waals surface area contributed by atoms with E-state index < -0.39 is 7.82 Å². The predicted molar refractivity (Wildman–Crippen MR) is 34.2 cm³/mol. The van der Waals surface area contributed by atoms with Crippen LogP contribution in [0.1, 0.15) is 0 Å². The number of rotatable bonds is 0. The van der Waals surface area contributed by atoms with Crippen LogP contribution in [0.25, 0.3) is 0 Å². The minimum absolute atomic E-state index is 0. The number of hydrogen-bond donors (Lipinski definition) is 3. The zero-order chi connectivity index (χ0) is 7.21. The van der Waals surface area contributed by atoms with E-state index in [2.05, 4.69) is 27.6 Å². The van der Waals surface area contributed by atoms with Gasteiger partial charge < -0.3 is 14.7 Å². The molecule has 5 nitrogen and oxygen atoms in total. The first-order valence-electron chi connectivity index (χ1n) is 1.09. The Labute approximate surface area is 180 Å². The number of halogens is 2. The first kappa shape index (κ1) is 36.0. The summed E-state index contributed by atoms with van der Waals surface area (Å²) in [7, 11) is -4.64.